The lowest BCUT2D eigenvalue weighted by atomic mass is 10.0. The highest BCUT2D eigenvalue weighted by Gasteiger charge is 2.07. The summed E-state index contributed by atoms with van der Waals surface area (Å²) in [5.41, 5.74) is 7.37. The summed E-state index contributed by atoms with van der Waals surface area (Å²) in [6, 6.07) is 7.54. The largest absolute Gasteiger partial charge is 0.495 e. The van der Waals surface area contributed by atoms with Gasteiger partial charge in [0.2, 0.25) is 0 Å². The zero-order valence-electron chi connectivity index (χ0n) is 8.45. The Balaban J connectivity index is 3.09. The second-order valence-corrected chi connectivity index (χ2v) is 3.09. The molecule has 1 aromatic carbocycles. The first kappa shape index (κ1) is 10.6. The van der Waals surface area contributed by atoms with Crippen LogP contribution in [-0.2, 0) is 0 Å². The molecule has 0 aromatic heterocycles. The molecule has 0 unspecified atom stereocenters. The van der Waals surface area contributed by atoms with E-state index in [0.717, 1.165) is 12.0 Å². The Bertz CT molecular complexity index is 355. The molecule has 2 N–H and O–H groups in total. The summed E-state index contributed by atoms with van der Waals surface area (Å²) in [6.45, 7) is 2.01. The van der Waals surface area contributed by atoms with Gasteiger partial charge in [0.15, 0.2) is 0 Å². The van der Waals surface area contributed by atoms with Crippen LogP contribution in [0.15, 0.2) is 18.2 Å². The smallest absolute Gasteiger partial charge is 0.136 e. The van der Waals surface area contributed by atoms with Gasteiger partial charge in [0, 0.05) is 6.04 Å². The Labute approximate surface area is 84.1 Å². The Kier molecular flexibility index (Phi) is 3.49. The number of benzene rings is 1. The first-order chi connectivity index (χ1) is 6.72. The van der Waals surface area contributed by atoms with Crippen LogP contribution in [0.5, 0.6) is 5.75 Å². The van der Waals surface area contributed by atoms with E-state index in [2.05, 4.69) is 6.07 Å². The van der Waals surface area contributed by atoms with Crippen molar-refractivity contribution in [1.29, 1.82) is 5.26 Å². The summed E-state index contributed by atoms with van der Waals surface area (Å²) < 4.78 is 5.04. The van der Waals surface area contributed by atoms with E-state index in [1.54, 1.807) is 19.2 Å². The van der Waals surface area contributed by atoms with E-state index in [0.29, 0.717) is 11.3 Å². The van der Waals surface area contributed by atoms with Crippen LogP contribution in [0.25, 0.3) is 0 Å². The van der Waals surface area contributed by atoms with Gasteiger partial charge in [-0.3, -0.25) is 0 Å². The van der Waals surface area contributed by atoms with Crippen LogP contribution >= 0.6 is 0 Å². The first-order valence-corrected chi connectivity index (χ1v) is 4.56. The van der Waals surface area contributed by atoms with Crippen LogP contribution < -0.4 is 10.5 Å². The topological polar surface area (TPSA) is 59.0 Å². The molecular weight excluding hydrogens is 176 g/mol. The highest BCUT2D eigenvalue weighted by atomic mass is 16.5. The monoisotopic (exact) mass is 190 g/mol. The van der Waals surface area contributed by atoms with Gasteiger partial charge in [-0.25, -0.2) is 0 Å². The fourth-order valence-corrected chi connectivity index (χ4v) is 1.28. The number of nitrogens with zero attached hydrogens (tertiary/aromatic N) is 1. The molecule has 0 radical (unpaired) electrons. The minimum absolute atomic E-state index is 0.00648. The van der Waals surface area contributed by atoms with E-state index in [-0.39, 0.29) is 6.04 Å². The molecule has 0 heterocycles. The van der Waals surface area contributed by atoms with Crippen LogP contribution in [0, 0.1) is 11.3 Å². The predicted octanol–water partition coefficient (Wildman–Crippen LogP) is 1.98. The first-order valence-electron chi connectivity index (χ1n) is 4.56. The Hall–Kier alpha value is -1.53. The van der Waals surface area contributed by atoms with Gasteiger partial charge in [0.05, 0.1) is 12.7 Å². The maximum absolute atomic E-state index is 8.86. The Morgan fingerprint density at radius 3 is 2.79 bits per heavy atom. The van der Waals surface area contributed by atoms with Crippen molar-refractivity contribution in [2.45, 2.75) is 19.4 Å². The maximum atomic E-state index is 8.86. The maximum Gasteiger partial charge on any atom is 0.136 e. The molecule has 0 spiro atoms. The highest BCUT2D eigenvalue weighted by Crippen LogP contribution is 2.22. The molecular formula is C11H14N2O. The fraction of sp³-hybridized carbons (Fsp3) is 0.364. The van der Waals surface area contributed by atoms with Crippen LogP contribution in [0.3, 0.4) is 0 Å². The van der Waals surface area contributed by atoms with E-state index in [1.165, 1.54) is 0 Å². The average Bonchev–Trinajstić information content (AvgIpc) is 2.26. The zero-order valence-corrected chi connectivity index (χ0v) is 8.45. The second kappa shape index (κ2) is 4.64. The molecule has 0 aliphatic rings. The fourth-order valence-electron chi connectivity index (χ4n) is 1.28. The lowest BCUT2D eigenvalue weighted by molar-refractivity contribution is 0.413. The van der Waals surface area contributed by atoms with Gasteiger partial charge >= 0.3 is 0 Å². The number of rotatable bonds is 3. The molecule has 3 nitrogen and oxygen atoms in total. The van der Waals surface area contributed by atoms with Gasteiger partial charge in [-0.05, 0) is 24.1 Å². The van der Waals surface area contributed by atoms with Gasteiger partial charge in [-0.1, -0.05) is 13.0 Å². The molecule has 0 aliphatic carbocycles. The average molecular weight is 190 g/mol. The quantitative estimate of drug-likeness (QED) is 0.792. The molecule has 0 amide bonds. The number of methoxy groups -OCH3 is 1. The van der Waals surface area contributed by atoms with Gasteiger partial charge < -0.3 is 10.5 Å². The molecule has 0 aliphatic heterocycles. The SMILES string of the molecule is CC[C@@H](N)c1ccc(OC)c(C#N)c1. The van der Waals surface area contributed by atoms with E-state index in [9.17, 15) is 0 Å². The third kappa shape index (κ3) is 2.04. The molecule has 74 valence electrons. The van der Waals surface area contributed by atoms with E-state index >= 15 is 0 Å². The van der Waals surface area contributed by atoms with Crippen molar-refractivity contribution in [3.8, 4) is 11.8 Å². The molecule has 1 aromatic rings. The van der Waals surface area contributed by atoms with Gasteiger partial charge in [0.25, 0.3) is 0 Å². The Morgan fingerprint density at radius 1 is 1.57 bits per heavy atom. The highest BCUT2D eigenvalue weighted by molar-refractivity contribution is 5.46. The lowest BCUT2D eigenvalue weighted by Crippen LogP contribution is -2.08. The van der Waals surface area contributed by atoms with Crippen molar-refractivity contribution in [1.82, 2.24) is 0 Å². The minimum Gasteiger partial charge on any atom is -0.495 e. The van der Waals surface area contributed by atoms with Crippen molar-refractivity contribution in [2.24, 2.45) is 5.73 Å². The Morgan fingerprint density at radius 2 is 2.29 bits per heavy atom. The molecule has 0 saturated heterocycles. The van der Waals surface area contributed by atoms with Gasteiger partial charge in [-0.2, -0.15) is 5.26 Å². The zero-order chi connectivity index (χ0) is 10.6. The number of ether oxygens (including phenoxy) is 1. The second-order valence-electron chi connectivity index (χ2n) is 3.09. The van der Waals surface area contributed by atoms with E-state index in [4.69, 9.17) is 15.7 Å². The van der Waals surface area contributed by atoms with Gasteiger partial charge in [-0.15, -0.1) is 0 Å². The van der Waals surface area contributed by atoms with Crippen molar-refractivity contribution in [2.75, 3.05) is 7.11 Å². The normalized spacial score (nSPS) is 11.9. The summed E-state index contributed by atoms with van der Waals surface area (Å²) in [4.78, 5) is 0. The van der Waals surface area contributed by atoms with E-state index < -0.39 is 0 Å². The molecule has 0 bridgehead atoms. The lowest BCUT2D eigenvalue weighted by Gasteiger charge is -2.10. The predicted molar refractivity (Wildman–Crippen MR) is 54.9 cm³/mol. The van der Waals surface area contributed by atoms with E-state index in [1.807, 2.05) is 13.0 Å². The van der Waals surface area contributed by atoms with Crippen LogP contribution in [0.1, 0.15) is 30.5 Å². The number of nitrogens with two attached hydrogens (primary N) is 1. The molecule has 0 fully saturated rings. The van der Waals surface area contributed by atoms with Crippen molar-refractivity contribution < 1.29 is 4.74 Å². The van der Waals surface area contributed by atoms with Crippen LogP contribution in [0.4, 0.5) is 0 Å². The third-order valence-electron chi connectivity index (χ3n) is 2.21. The number of hydrogen-bond acceptors (Lipinski definition) is 3. The number of nitriles is 1. The van der Waals surface area contributed by atoms with Gasteiger partial charge in [0.1, 0.15) is 11.8 Å². The third-order valence-corrected chi connectivity index (χ3v) is 2.21. The summed E-state index contributed by atoms with van der Waals surface area (Å²) in [7, 11) is 1.55. The van der Waals surface area contributed by atoms with Crippen LogP contribution in [0.2, 0.25) is 0 Å². The molecule has 3 heteroatoms. The molecule has 0 saturated carbocycles. The minimum atomic E-state index is -0.00648. The summed E-state index contributed by atoms with van der Waals surface area (Å²) in [6.07, 6.45) is 0.858. The molecule has 14 heavy (non-hydrogen) atoms. The molecule has 1 atom stereocenters. The van der Waals surface area contributed by atoms with Crippen molar-refractivity contribution in [3.63, 3.8) is 0 Å². The van der Waals surface area contributed by atoms with Crippen molar-refractivity contribution in [3.05, 3.63) is 29.3 Å². The number of hydrogen-bond donors (Lipinski definition) is 1. The summed E-state index contributed by atoms with van der Waals surface area (Å²) >= 11 is 0. The summed E-state index contributed by atoms with van der Waals surface area (Å²) in [5, 5.41) is 8.86. The molecule has 1 rings (SSSR count). The standard InChI is InChI=1S/C11H14N2O/c1-3-10(13)8-4-5-11(14-2)9(6-8)7-12/h4-6,10H,3,13H2,1-2H3/t10-/m1/s1. The summed E-state index contributed by atoms with van der Waals surface area (Å²) in [5.74, 6) is 0.597. The van der Waals surface area contributed by atoms with Crippen molar-refractivity contribution >= 4 is 0 Å². The van der Waals surface area contributed by atoms with Crippen LogP contribution in [-0.4, -0.2) is 7.11 Å².